The van der Waals surface area contributed by atoms with Gasteiger partial charge >= 0.3 is 5.97 Å². The van der Waals surface area contributed by atoms with Crippen LogP contribution in [-0.4, -0.2) is 49.8 Å². The Labute approximate surface area is 202 Å². The van der Waals surface area contributed by atoms with Gasteiger partial charge in [-0.1, -0.05) is 18.6 Å². The molecule has 1 unspecified atom stereocenters. The average molecular weight is 638 g/mol. The first-order chi connectivity index (χ1) is 14.1. The molecule has 4 nitrogen and oxygen atoms in total. The van der Waals surface area contributed by atoms with Crippen LogP contribution in [-0.2, 0) is 10.5 Å². The summed E-state index contributed by atoms with van der Waals surface area (Å²) in [5.41, 5.74) is 5.02. The van der Waals surface area contributed by atoms with Crippen molar-refractivity contribution in [2.75, 3.05) is 6.61 Å². The van der Waals surface area contributed by atoms with Gasteiger partial charge < -0.3 is 9.63 Å². The third kappa shape index (κ3) is 5.08. The van der Waals surface area contributed by atoms with Crippen molar-refractivity contribution < 1.29 is 18.8 Å². The molecule has 4 rings (SSSR count). The van der Waals surface area contributed by atoms with Crippen molar-refractivity contribution in [2.24, 2.45) is 0 Å². The molecule has 1 aromatic carbocycles. The number of aromatic nitrogens is 1. The maximum absolute atomic E-state index is 13.6. The maximum Gasteiger partial charge on any atom is 0.340 e. The summed E-state index contributed by atoms with van der Waals surface area (Å²) in [7, 11) is -0.246. The van der Waals surface area contributed by atoms with Crippen molar-refractivity contribution in [1.29, 1.82) is 0 Å². The molecule has 2 saturated carbocycles. The minimum absolute atomic E-state index is 0. The van der Waals surface area contributed by atoms with Gasteiger partial charge in [0.25, 0.3) is 0 Å². The fourth-order valence-electron chi connectivity index (χ4n) is 3.93. The number of pyridine rings is 1. The van der Waals surface area contributed by atoms with Gasteiger partial charge in [0.05, 0.1) is 25.9 Å². The first-order valence-electron chi connectivity index (χ1n) is 10.1. The molecule has 0 spiro atoms. The molecule has 0 aliphatic heterocycles. The Morgan fingerprint density at radius 2 is 1.87 bits per heavy atom. The zero-order chi connectivity index (χ0) is 20.4. The number of benzene rings is 1. The van der Waals surface area contributed by atoms with Crippen LogP contribution in [0.1, 0.15) is 78.2 Å². The van der Waals surface area contributed by atoms with E-state index in [2.05, 4.69) is 0 Å². The molecular weight excluding hydrogens is 613 g/mol. The minimum Gasteiger partial charge on any atom is -0.462 e. The van der Waals surface area contributed by atoms with E-state index in [1.54, 1.807) is 19.1 Å². The smallest absolute Gasteiger partial charge is 0.340 e. The van der Waals surface area contributed by atoms with Gasteiger partial charge in [-0.05, 0) is 55.9 Å². The molecule has 0 amide bonds. The molecule has 2 fully saturated rings. The summed E-state index contributed by atoms with van der Waals surface area (Å²) in [4.78, 5) is 27.6. The number of carbonyl (C=O) groups excluding carboxylic acids is 1. The molecule has 2 aliphatic rings. The van der Waals surface area contributed by atoms with Crippen LogP contribution >= 0.6 is 19.4 Å². The third-order valence-electron chi connectivity index (χ3n) is 5.71. The van der Waals surface area contributed by atoms with E-state index in [4.69, 9.17) is 9.72 Å². The molecule has 2 aliphatic carbocycles. The molecular formula is C22H25FNO3PSTl. The van der Waals surface area contributed by atoms with Gasteiger partial charge in [0.2, 0.25) is 0 Å². The number of hydrogen-bond donors (Lipinski definition) is 1. The van der Waals surface area contributed by atoms with E-state index in [1.165, 1.54) is 23.5 Å². The van der Waals surface area contributed by atoms with Crippen molar-refractivity contribution in [3.8, 4) is 11.1 Å². The predicted molar refractivity (Wildman–Crippen MR) is 122 cm³/mol. The normalized spacial score (nSPS) is 16.4. The second kappa shape index (κ2) is 10.8. The van der Waals surface area contributed by atoms with Crippen LogP contribution in [0.5, 0.6) is 0 Å². The number of halogens is 1. The minimum atomic E-state index is -0.360. The van der Waals surface area contributed by atoms with Gasteiger partial charge in [0, 0.05) is 56.1 Å². The third-order valence-corrected chi connectivity index (χ3v) is 7.09. The van der Waals surface area contributed by atoms with Gasteiger partial charge in [0.15, 0.2) is 0 Å². The first-order valence-corrected chi connectivity index (χ1v) is 12.8. The predicted octanol–water partition coefficient (Wildman–Crippen LogP) is 5.56. The average Bonchev–Trinajstić information content (AvgIpc) is 3.50. The van der Waals surface area contributed by atoms with Crippen LogP contribution < -0.4 is 0 Å². The van der Waals surface area contributed by atoms with Gasteiger partial charge in [-0.2, -0.15) is 0 Å². The Balaban J connectivity index is 0.00000256. The number of nitrogens with zero attached hydrogens (tertiary/aromatic N) is 1. The van der Waals surface area contributed by atoms with E-state index in [9.17, 15) is 14.1 Å². The van der Waals surface area contributed by atoms with Crippen LogP contribution in [0.2, 0.25) is 0 Å². The first kappa shape index (κ1) is 24.1. The van der Waals surface area contributed by atoms with Crippen LogP contribution in [0.25, 0.3) is 11.1 Å². The quantitative estimate of drug-likeness (QED) is 0.233. The van der Waals surface area contributed by atoms with E-state index < -0.39 is 0 Å². The van der Waals surface area contributed by atoms with Gasteiger partial charge in [-0.25, -0.2) is 9.18 Å². The molecule has 8 heteroatoms. The molecule has 30 heavy (non-hydrogen) atoms. The molecule has 0 saturated heterocycles. The van der Waals surface area contributed by atoms with Crippen molar-refractivity contribution in [3.05, 3.63) is 52.6 Å². The van der Waals surface area contributed by atoms with Crippen LogP contribution in [0.4, 0.5) is 4.39 Å². The second-order valence-electron chi connectivity index (χ2n) is 7.62. The zero-order valence-corrected chi connectivity index (χ0v) is 23.3. The maximum atomic E-state index is 13.6. The summed E-state index contributed by atoms with van der Waals surface area (Å²) in [5.74, 6) is 0.572. The monoisotopic (exact) mass is 638 g/mol. The Kier molecular flexibility index (Phi) is 8.70. The molecule has 1 atom stereocenters. The molecule has 1 N–H and O–H groups in total. The Morgan fingerprint density at radius 3 is 2.40 bits per heavy atom. The summed E-state index contributed by atoms with van der Waals surface area (Å²) in [6, 6.07) is 6.30. The van der Waals surface area contributed by atoms with E-state index in [0.29, 0.717) is 17.2 Å². The van der Waals surface area contributed by atoms with Crippen molar-refractivity contribution in [3.63, 3.8) is 0 Å². The summed E-state index contributed by atoms with van der Waals surface area (Å²) >= 11 is 1.42. The molecule has 2 aromatic rings. The van der Waals surface area contributed by atoms with E-state index in [-0.39, 0.29) is 59.6 Å². The number of hydrogen-bond acceptors (Lipinski definition) is 5. The van der Waals surface area contributed by atoms with Crippen molar-refractivity contribution in [1.82, 2.24) is 4.98 Å². The number of esters is 1. The number of carbonyl (C=O) groups is 1. The molecule has 1 aromatic heterocycles. The van der Waals surface area contributed by atoms with Crippen molar-refractivity contribution in [2.45, 2.75) is 56.6 Å². The molecule has 1 radical (unpaired) electrons. The second-order valence-corrected chi connectivity index (χ2v) is 9.79. The van der Waals surface area contributed by atoms with Gasteiger partial charge in [-0.15, -0.1) is 11.4 Å². The SMILES string of the molecule is CCOC(=O)c1c(C2CCC2)nc(C2CC2)c(CSPO)c1-c1ccc(F)cc1.[Tl]. The number of ether oxygens (including phenoxy) is 1. The number of rotatable bonds is 8. The zero-order valence-electron chi connectivity index (χ0n) is 17.0. The Hall–Kier alpha value is -0.568. The Morgan fingerprint density at radius 1 is 1.20 bits per heavy atom. The summed E-state index contributed by atoms with van der Waals surface area (Å²) in [6.07, 6.45) is 5.38. The van der Waals surface area contributed by atoms with Crippen molar-refractivity contribution >= 4 is 52.7 Å². The fraction of sp³-hybridized carbons (Fsp3) is 0.455. The van der Waals surface area contributed by atoms with Crippen LogP contribution in [0.15, 0.2) is 24.3 Å². The standard InChI is InChI=1S/C22H25FNO3PS.Tl/c1-2-27-22(25)19-18(13-8-10-16(23)11-9-13)17(12-29-28-26)20(15-6-7-15)24-21(19)14-4-3-5-14;/h8-11,14-15,26,28H,2-7,12H2,1H3;. The topological polar surface area (TPSA) is 59.4 Å². The van der Waals surface area contributed by atoms with E-state index in [0.717, 1.165) is 60.2 Å². The van der Waals surface area contributed by atoms with Crippen LogP contribution in [0, 0.1) is 5.82 Å². The molecule has 0 bridgehead atoms. The Bertz CT molecular complexity index is 904. The summed E-state index contributed by atoms with van der Waals surface area (Å²) < 4.78 is 19.1. The van der Waals surface area contributed by atoms with E-state index >= 15 is 0 Å². The molecule has 157 valence electrons. The largest absolute Gasteiger partial charge is 0.462 e. The fourth-order valence-corrected chi connectivity index (χ4v) is 5.06. The van der Waals surface area contributed by atoms with Gasteiger partial charge in [-0.3, -0.25) is 4.98 Å². The summed E-state index contributed by atoms with van der Waals surface area (Å²) in [6.45, 7) is 2.09. The summed E-state index contributed by atoms with van der Waals surface area (Å²) in [5, 5.41) is 0. The van der Waals surface area contributed by atoms with Gasteiger partial charge in [0.1, 0.15) is 5.82 Å². The van der Waals surface area contributed by atoms with Crippen LogP contribution in [0.3, 0.4) is 0 Å². The molecule has 1 heterocycles. The van der Waals surface area contributed by atoms with E-state index in [1.807, 2.05) is 0 Å².